The van der Waals surface area contributed by atoms with Gasteiger partial charge in [-0.15, -0.1) is 0 Å². The first kappa shape index (κ1) is 13.9. The molecule has 0 radical (unpaired) electrons. The fourth-order valence-electron chi connectivity index (χ4n) is 2.43. The summed E-state index contributed by atoms with van der Waals surface area (Å²) in [6.07, 6.45) is -3.31. The van der Waals surface area contributed by atoms with Crippen molar-refractivity contribution >= 4 is 5.97 Å². The second-order valence-corrected chi connectivity index (χ2v) is 4.80. The van der Waals surface area contributed by atoms with Crippen LogP contribution in [0.4, 0.5) is 13.2 Å². The highest BCUT2D eigenvalue weighted by molar-refractivity contribution is 5.89. The van der Waals surface area contributed by atoms with Crippen LogP contribution in [-0.2, 0) is 9.53 Å². The molecular formula is C13H13F3O3. The number of fused-ring (bicyclic) bond motifs is 1. The van der Waals surface area contributed by atoms with Crippen molar-refractivity contribution in [1.82, 2.24) is 0 Å². The Morgan fingerprint density at radius 2 is 2.00 bits per heavy atom. The number of halogens is 3. The van der Waals surface area contributed by atoms with Gasteiger partial charge in [-0.1, -0.05) is 24.6 Å². The molecule has 2 rings (SSSR count). The number of aliphatic carboxylic acids is 1. The van der Waals surface area contributed by atoms with Gasteiger partial charge >= 0.3 is 12.1 Å². The lowest BCUT2D eigenvalue weighted by Gasteiger charge is -2.36. The van der Waals surface area contributed by atoms with E-state index in [1.807, 2.05) is 6.92 Å². The normalized spacial score (nSPS) is 31.0. The Bertz CT molecular complexity index is 500. The van der Waals surface area contributed by atoms with Crippen LogP contribution in [0.15, 0.2) is 34.9 Å². The second kappa shape index (κ2) is 4.52. The van der Waals surface area contributed by atoms with E-state index in [4.69, 9.17) is 9.84 Å². The highest BCUT2D eigenvalue weighted by Crippen LogP contribution is 2.39. The first-order valence-electron chi connectivity index (χ1n) is 5.77. The van der Waals surface area contributed by atoms with Crippen LogP contribution >= 0.6 is 0 Å². The maximum Gasteiger partial charge on any atom is 0.419 e. The van der Waals surface area contributed by atoms with Crippen LogP contribution < -0.4 is 0 Å². The van der Waals surface area contributed by atoms with Gasteiger partial charge in [-0.2, -0.15) is 13.2 Å². The third-order valence-corrected chi connectivity index (χ3v) is 3.16. The Balaban J connectivity index is 2.47. The molecule has 3 atom stereocenters. The minimum Gasteiger partial charge on any atom is -0.478 e. The zero-order valence-corrected chi connectivity index (χ0v) is 10.4. The molecular weight excluding hydrogens is 261 g/mol. The molecule has 0 bridgehead atoms. The molecule has 6 heteroatoms. The van der Waals surface area contributed by atoms with Gasteiger partial charge in [0.1, 0.15) is 0 Å². The average Bonchev–Trinajstić information content (AvgIpc) is 2.25. The quantitative estimate of drug-likeness (QED) is 0.799. The monoisotopic (exact) mass is 274 g/mol. The Kier molecular flexibility index (Phi) is 3.30. The summed E-state index contributed by atoms with van der Waals surface area (Å²) in [6, 6.07) is 0. The van der Waals surface area contributed by atoms with E-state index in [1.54, 1.807) is 19.1 Å². The molecule has 1 aliphatic heterocycles. The van der Waals surface area contributed by atoms with E-state index >= 15 is 0 Å². The first-order valence-corrected chi connectivity index (χ1v) is 5.77. The molecule has 0 aromatic carbocycles. The lowest BCUT2D eigenvalue weighted by Crippen LogP contribution is -2.44. The summed E-state index contributed by atoms with van der Waals surface area (Å²) in [5, 5.41) is 8.90. The third kappa shape index (κ3) is 2.58. The van der Waals surface area contributed by atoms with Crippen LogP contribution in [0.5, 0.6) is 0 Å². The molecule has 19 heavy (non-hydrogen) atoms. The molecule has 2 aliphatic rings. The van der Waals surface area contributed by atoms with Gasteiger partial charge in [0.15, 0.2) is 6.10 Å². The maximum atomic E-state index is 12.9. The molecule has 2 unspecified atom stereocenters. The fraction of sp³-hybridized carbons (Fsp3) is 0.462. The Morgan fingerprint density at radius 3 is 2.53 bits per heavy atom. The Morgan fingerprint density at radius 1 is 1.37 bits per heavy atom. The van der Waals surface area contributed by atoms with Gasteiger partial charge in [-0.3, -0.25) is 0 Å². The highest BCUT2D eigenvalue weighted by atomic mass is 19.4. The number of ether oxygens (including phenoxy) is 1. The molecule has 1 heterocycles. The van der Waals surface area contributed by atoms with Gasteiger partial charge in [0.05, 0.1) is 11.7 Å². The van der Waals surface area contributed by atoms with E-state index in [-0.39, 0.29) is 5.92 Å². The first-order chi connectivity index (χ1) is 8.70. The molecule has 0 aromatic heterocycles. The largest absolute Gasteiger partial charge is 0.478 e. The molecule has 0 amide bonds. The zero-order valence-electron chi connectivity index (χ0n) is 10.4. The maximum absolute atomic E-state index is 12.9. The number of hydrogen-bond donors (Lipinski definition) is 1. The molecule has 0 saturated carbocycles. The minimum atomic E-state index is -4.73. The van der Waals surface area contributed by atoms with Crippen LogP contribution in [0.25, 0.3) is 0 Å². The Labute approximate surface area is 108 Å². The van der Waals surface area contributed by atoms with Crippen molar-refractivity contribution in [3.63, 3.8) is 0 Å². The number of carbonyl (C=O) groups is 1. The van der Waals surface area contributed by atoms with Gasteiger partial charge in [0.25, 0.3) is 0 Å². The van der Waals surface area contributed by atoms with Crippen LogP contribution in [0.3, 0.4) is 0 Å². The topological polar surface area (TPSA) is 46.5 Å². The van der Waals surface area contributed by atoms with E-state index in [1.165, 1.54) is 0 Å². The summed E-state index contributed by atoms with van der Waals surface area (Å²) in [6.45, 7) is 3.55. The Hall–Kier alpha value is -1.56. The van der Waals surface area contributed by atoms with Crippen molar-refractivity contribution in [2.45, 2.75) is 32.2 Å². The SMILES string of the molecule is CC1=CC(C)C2O[C@H](C(F)(F)F)C(C(=O)O)=CC2=C1. The number of alkyl halides is 3. The predicted octanol–water partition coefficient (Wildman–Crippen LogP) is 2.85. The summed E-state index contributed by atoms with van der Waals surface area (Å²) >= 11 is 0. The minimum absolute atomic E-state index is 0.226. The van der Waals surface area contributed by atoms with Crippen molar-refractivity contribution < 1.29 is 27.8 Å². The molecule has 1 aliphatic carbocycles. The smallest absolute Gasteiger partial charge is 0.419 e. The van der Waals surface area contributed by atoms with Crippen molar-refractivity contribution in [1.29, 1.82) is 0 Å². The number of rotatable bonds is 1. The van der Waals surface area contributed by atoms with E-state index in [9.17, 15) is 18.0 Å². The third-order valence-electron chi connectivity index (χ3n) is 3.16. The summed E-state index contributed by atoms with van der Waals surface area (Å²) in [4.78, 5) is 11.0. The molecule has 3 nitrogen and oxygen atoms in total. The van der Waals surface area contributed by atoms with E-state index < -0.39 is 29.9 Å². The van der Waals surface area contributed by atoms with Gasteiger partial charge in [0.2, 0.25) is 0 Å². The zero-order chi connectivity index (χ0) is 14.4. The summed E-state index contributed by atoms with van der Waals surface area (Å²) in [7, 11) is 0. The molecule has 1 N–H and O–H groups in total. The lowest BCUT2D eigenvalue weighted by atomic mass is 9.85. The van der Waals surface area contributed by atoms with Crippen molar-refractivity contribution in [3.05, 3.63) is 34.9 Å². The van der Waals surface area contributed by atoms with Crippen molar-refractivity contribution in [2.24, 2.45) is 5.92 Å². The average molecular weight is 274 g/mol. The van der Waals surface area contributed by atoms with Crippen LogP contribution in [-0.4, -0.2) is 29.5 Å². The van der Waals surface area contributed by atoms with Gasteiger partial charge in [0, 0.05) is 5.92 Å². The van der Waals surface area contributed by atoms with Gasteiger partial charge in [-0.25, -0.2) is 4.79 Å². The number of carboxylic acid groups (broad SMARTS) is 1. The van der Waals surface area contributed by atoms with E-state index in [0.717, 1.165) is 11.6 Å². The lowest BCUT2D eigenvalue weighted by molar-refractivity contribution is -0.222. The van der Waals surface area contributed by atoms with Gasteiger partial charge in [-0.05, 0) is 18.6 Å². The van der Waals surface area contributed by atoms with E-state index in [0.29, 0.717) is 5.57 Å². The number of hydrogen-bond acceptors (Lipinski definition) is 2. The van der Waals surface area contributed by atoms with Gasteiger partial charge < -0.3 is 9.84 Å². The molecule has 0 saturated heterocycles. The second-order valence-electron chi connectivity index (χ2n) is 4.80. The van der Waals surface area contributed by atoms with Crippen molar-refractivity contribution in [2.75, 3.05) is 0 Å². The van der Waals surface area contributed by atoms with Crippen LogP contribution in [0.2, 0.25) is 0 Å². The molecule has 0 spiro atoms. The standard InChI is InChI=1S/C13H13F3O3/c1-6-3-7(2)10-8(4-6)5-9(12(17)18)11(19-10)13(14,15)16/h3-5,7,10-11H,1-2H3,(H,17,18)/t7?,10?,11-/m0/s1. The van der Waals surface area contributed by atoms with Crippen LogP contribution in [0.1, 0.15) is 13.8 Å². The highest BCUT2D eigenvalue weighted by Gasteiger charge is 2.50. The van der Waals surface area contributed by atoms with Crippen LogP contribution in [0, 0.1) is 5.92 Å². The summed E-state index contributed by atoms with van der Waals surface area (Å²) in [5.41, 5.74) is 0.594. The van der Waals surface area contributed by atoms with E-state index in [2.05, 4.69) is 0 Å². The number of allylic oxidation sites excluding steroid dienone is 2. The summed E-state index contributed by atoms with van der Waals surface area (Å²) < 4.78 is 43.6. The fourth-order valence-corrected chi connectivity index (χ4v) is 2.43. The predicted molar refractivity (Wildman–Crippen MR) is 61.4 cm³/mol. The summed E-state index contributed by atoms with van der Waals surface area (Å²) in [5.74, 6) is -1.84. The molecule has 104 valence electrons. The molecule has 0 aromatic rings. The van der Waals surface area contributed by atoms with Crippen molar-refractivity contribution in [3.8, 4) is 0 Å². The molecule has 0 fully saturated rings. The number of carboxylic acids is 1.